The van der Waals surface area contributed by atoms with Gasteiger partial charge in [-0.2, -0.15) is 0 Å². The summed E-state index contributed by atoms with van der Waals surface area (Å²) < 4.78 is 4.57. The molecule has 0 saturated heterocycles. The number of carbonyl (C=O) groups is 2. The second-order valence-electron chi connectivity index (χ2n) is 3.25. The first-order chi connectivity index (χ1) is 7.61. The van der Waals surface area contributed by atoms with E-state index in [-0.39, 0.29) is 12.8 Å². The van der Waals surface area contributed by atoms with Crippen molar-refractivity contribution in [3.8, 4) is 0 Å². The Hall–Kier alpha value is -1.35. The number of hydrogen-bond acceptors (Lipinski definition) is 3. The van der Waals surface area contributed by atoms with E-state index in [0.29, 0.717) is 11.4 Å². The standard InChI is InChI=1S/C12H12ClO3/c1-2-3-11(14)16-12(15)8-9-4-6-10(13)7-5-9/h4-7H,1-3,8H2. The van der Waals surface area contributed by atoms with Gasteiger partial charge in [-0.3, -0.25) is 9.59 Å². The third-order valence-electron chi connectivity index (χ3n) is 1.87. The Balaban J connectivity index is 2.45. The van der Waals surface area contributed by atoms with Crippen LogP contribution in [-0.2, 0) is 20.7 Å². The van der Waals surface area contributed by atoms with Crippen molar-refractivity contribution in [1.82, 2.24) is 0 Å². The minimum atomic E-state index is -0.555. The lowest BCUT2D eigenvalue weighted by molar-refractivity contribution is -0.159. The average molecular weight is 240 g/mol. The van der Waals surface area contributed by atoms with Gasteiger partial charge in [0.25, 0.3) is 0 Å². The minimum absolute atomic E-state index is 0.0695. The zero-order valence-corrected chi connectivity index (χ0v) is 9.50. The van der Waals surface area contributed by atoms with Crippen LogP contribution in [0, 0.1) is 6.92 Å². The smallest absolute Gasteiger partial charge is 0.317 e. The first kappa shape index (κ1) is 12.7. The van der Waals surface area contributed by atoms with E-state index in [0.717, 1.165) is 5.56 Å². The molecule has 0 aliphatic rings. The van der Waals surface area contributed by atoms with Gasteiger partial charge in [0, 0.05) is 11.4 Å². The summed E-state index contributed by atoms with van der Waals surface area (Å²) in [4.78, 5) is 22.3. The molecule has 1 radical (unpaired) electrons. The van der Waals surface area contributed by atoms with Gasteiger partial charge in [-0.05, 0) is 24.1 Å². The largest absolute Gasteiger partial charge is 0.393 e. The lowest BCUT2D eigenvalue weighted by atomic mass is 10.1. The highest BCUT2D eigenvalue weighted by molar-refractivity contribution is 6.30. The molecule has 1 rings (SSSR count). The van der Waals surface area contributed by atoms with Crippen molar-refractivity contribution in [2.45, 2.75) is 19.3 Å². The van der Waals surface area contributed by atoms with E-state index in [1.807, 2.05) is 0 Å². The van der Waals surface area contributed by atoms with Gasteiger partial charge in [-0.15, -0.1) is 0 Å². The van der Waals surface area contributed by atoms with Crippen molar-refractivity contribution in [1.29, 1.82) is 0 Å². The molecule has 1 aromatic carbocycles. The highest BCUT2D eigenvalue weighted by Gasteiger charge is 2.10. The predicted molar refractivity (Wildman–Crippen MR) is 60.8 cm³/mol. The van der Waals surface area contributed by atoms with Crippen molar-refractivity contribution in [3.05, 3.63) is 41.8 Å². The summed E-state index contributed by atoms with van der Waals surface area (Å²) in [6.07, 6.45) is 0.652. The molecular weight excluding hydrogens is 228 g/mol. The van der Waals surface area contributed by atoms with E-state index < -0.39 is 11.9 Å². The first-order valence-electron chi connectivity index (χ1n) is 4.89. The van der Waals surface area contributed by atoms with Crippen LogP contribution in [0.1, 0.15) is 18.4 Å². The number of rotatable bonds is 4. The summed E-state index contributed by atoms with van der Waals surface area (Å²) in [6, 6.07) is 6.80. The summed E-state index contributed by atoms with van der Waals surface area (Å²) in [7, 11) is 0. The summed E-state index contributed by atoms with van der Waals surface area (Å²) in [5.74, 6) is -1.09. The van der Waals surface area contributed by atoms with Crippen molar-refractivity contribution < 1.29 is 14.3 Å². The van der Waals surface area contributed by atoms with Crippen LogP contribution in [0.3, 0.4) is 0 Å². The van der Waals surface area contributed by atoms with Gasteiger partial charge >= 0.3 is 11.9 Å². The Morgan fingerprint density at radius 2 is 1.81 bits per heavy atom. The fourth-order valence-corrected chi connectivity index (χ4v) is 1.25. The maximum atomic E-state index is 11.3. The molecule has 0 N–H and O–H groups in total. The predicted octanol–water partition coefficient (Wildman–Crippen LogP) is 2.57. The van der Waals surface area contributed by atoms with Crippen LogP contribution in [0.2, 0.25) is 5.02 Å². The van der Waals surface area contributed by atoms with Crippen LogP contribution in [0.15, 0.2) is 24.3 Å². The molecule has 0 aromatic heterocycles. The van der Waals surface area contributed by atoms with Crippen molar-refractivity contribution >= 4 is 23.5 Å². The third-order valence-corrected chi connectivity index (χ3v) is 2.12. The molecule has 0 aliphatic heterocycles. The Bertz CT molecular complexity index is 370. The monoisotopic (exact) mass is 239 g/mol. The number of carbonyl (C=O) groups excluding carboxylic acids is 2. The number of hydrogen-bond donors (Lipinski definition) is 0. The Morgan fingerprint density at radius 1 is 1.19 bits per heavy atom. The van der Waals surface area contributed by atoms with Crippen molar-refractivity contribution in [2.75, 3.05) is 0 Å². The van der Waals surface area contributed by atoms with E-state index in [2.05, 4.69) is 11.7 Å². The highest BCUT2D eigenvalue weighted by Crippen LogP contribution is 2.10. The van der Waals surface area contributed by atoms with Crippen LogP contribution in [0.25, 0.3) is 0 Å². The van der Waals surface area contributed by atoms with Gasteiger partial charge in [0.15, 0.2) is 0 Å². The lowest BCUT2D eigenvalue weighted by Crippen LogP contribution is -2.13. The fraction of sp³-hybridized carbons (Fsp3) is 0.250. The molecule has 0 spiro atoms. The van der Waals surface area contributed by atoms with Gasteiger partial charge in [-0.25, -0.2) is 0 Å². The van der Waals surface area contributed by atoms with E-state index >= 15 is 0 Å². The molecule has 4 heteroatoms. The zero-order valence-electron chi connectivity index (χ0n) is 8.74. The molecule has 3 nitrogen and oxygen atoms in total. The second kappa shape index (κ2) is 6.28. The quantitative estimate of drug-likeness (QED) is 0.599. The van der Waals surface area contributed by atoms with Gasteiger partial charge in [0.05, 0.1) is 6.42 Å². The maximum Gasteiger partial charge on any atom is 0.317 e. The van der Waals surface area contributed by atoms with Crippen LogP contribution < -0.4 is 0 Å². The average Bonchev–Trinajstić information content (AvgIpc) is 2.21. The van der Waals surface area contributed by atoms with Gasteiger partial charge < -0.3 is 4.74 Å². The minimum Gasteiger partial charge on any atom is -0.393 e. The molecule has 16 heavy (non-hydrogen) atoms. The van der Waals surface area contributed by atoms with E-state index in [1.165, 1.54) is 0 Å². The van der Waals surface area contributed by atoms with Crippen molar-refractivity contribution in [3.63, 3.8) is 0 Å². The molecule has 85 valence electrons. The molecule has 0 amide bonds. The summed E-state index contributed by atoms with van der Waals surface area (Å²) >= 11 is 5.70. The maximum absolute atomic E-state index is 11.3. The number of ether oxygens (including phenoxy) is 1. The van der Waals surface area contributed by atoms with E-state index in [1.54, 1.807) is 24.3 Å². The molecular formula is C12H12ClO3. The molecule has 0 atom stereocenters. The number of halogens is 1. The summed E-state index contributed by atoms with van der Waals surface area (Å²) in [5, 5.41) is 0.602. The SMILES string of the molecule is [CH2]CCC(=O)OC(=O)Cc1ccc(Cl)cc1. The Labute approximate surface area is 99.4 Å². The zero-order chi connectivity index (χ0) is 12.0. The molecule has 0 heterocycles. The van der Waals surface area contributed by atoms with Gasteiger partial charge in [0.1, 0.15) is 0 Å². The lowest BCUT2D eigenvalue weighted by Gasteiger charge is -2.02. The molecule has 0 fully saturated rings. The third kappa shape index (κ3) is 4.45. The first-order valence-corrected chi connectivity index (χ1v) is 5.27. The summed E-state index contributed by atoms with van der Waals surface area (Å²) in [6.45, 7) is 3.50. The number of benzene rings is 1. The van der Waals surface area contributed by atoms with E-state index in [9.17, 15) is 9.59 Å². The van der Waals surface area contributed by atoms with Gasteiger partial charge in [0.2, 0.25) is 0 Å². The Kier molecular flexibility index (Phi) is 4.99. The Morgan fingerprint density at radius 3 is 2.38 bits per heavy atom. The summed E-state index contributed by atoms with van der Waals surface area (Å²) in [5.41, 5.74) is 0.761. The normalized spacial score (nSPS) is 9.88. The second-order valence-corrected chi connectivity index (χ2v) is 3.69. The van der Waals surface area contributed by atoms with Gasteiger partial charge in [-0.1, -0.05) is 30.7 Å². The molecule has 0 unspecified atom stereocenters. The van der Waals surface area contributed by atoms with Crippen LogP contribution in [0.4, 0.5) is 0 Å². The molecule has 0 bridgehead atoms. The molecule has 0 aliphatic carbocycles. The van der Waals surface area contributed by atoms with Crippen LogP contribution in [0.5, 0.6) is 0 Å². The molecule has 0 saturated carbocycles. The molecule has 1 aromatic rings. The topological polar surface area (TPSA) is 43.4 Å². The van der Waals surface area contributed by atoms with Crippen LogP contribution in [-0.4, -0.2) is 11.9 Å². The highest BCUT2D eigenvalue weighted by atomic mass is 35.5. The number of esters is 2. The van der Waals surface area contributed by atoms with E-state index in [4.69, 9.17) is 11.6 Å². The fourth-order valence-electron chi connectivity index (χ4n) is 1.13. The van der Waals surface area contributed by atoms with Crippen LogP contribution >= 0.6 is 11.6 Å². The van der Waals surface area contributed by atoms with Crippen molar-refractivity contribution in [2.24, 2.45) is 0 Å².